The van der Waals surface area contributed by atoms with Crippen LogP contribution in [0.15, 0.2) is 36.4 Å². The van der Waals surface area contributed by atoms with Crippen molar-refractivity contribution in [3.05, 3.63) is 42.0 Å². The third-order valence-electron chi connectivity index (χ3n) is 4.34. The molecule has 0 radical (unpaired) electrons. The molecule has 0 fully saturated rings. The number of hydrogen-bond acceptors (Lipinski definition) is 3. The molecule has 0 aromatic heterocycles. The van der Waals surface area contributed by atoms with Crippen molar-refractivity contribution in [1.82, 2.24) is 0 Å². The summed E-state index contributed by atoms with van der Waals surface area (Å²) in [5.41, 5.74) is 0.522. The van der Waals surface area contributed by atoms with Crippen LogP contribution in [0.3, 0.4) is 0 Å². The molecule has 2 rings (SSSR count). The molecular formula is C21H28O3. The Balaban J connectivity index is 2.05. The molecule has 0 aliphatic rings. The van der Waals surface area contributed by atoms with Gasteiger partial charge in [-0.2, -0.15) is 0 Å². The van der Waals surface area contributed by atoms with Crippen molar-refractivity contribution in [2.24, 2.45) is 0 Å². The summed E-state index contributed by atoms with van der Waals surface area (Å²) in [7, 11) is 1.58. The molecule has 0 saturated carbocycles. The highest BCUT2D eigenvalue weighted by atomic mass is 16.5. The second kappa shape index (κ2) is 9.31. The van der Waals surface area contributed by atoms with Gasteiger partial charge in [0.05, 0.1) is 13.2 Å². The molecule has 2 aromatic rings. The average Bonchev–Trinajstić information content (AvgIpc) is 2.60. The Hall–Kier alpha value is -2.03. The van der Waals surface area contributed by atoms with Crippen LogP contribution >= 0.6 is 0 Å². The quantitative estimate of drug-likeness (QED) is 0.434. The Morgan fingerprint density at radius 3 is 2.54 bits per heavy atom. The number of carbonyl (C=O) groups is 1. The number of benzene rings is 2. The summed E-state index contributed by atoms with van der Waals surface area (Å²) >= 11 is 0. The monoisotopic (exact) mass is 328 g/mol. The summed E-state index contributed by atoms with van der Waals surface area (Å²) in [6.45, 7) is 4.18. The van der Waals surface area contributed by atoms with Crippen molar-refractivity contribution < 1.29 is 14.3 Å². The molecule has 2 aromatic carbocycles. The lowest BCUT2D eigenvalue weighted by molar-refractivity contribution is 0.0318. The van der Waals surface area contributed by atoms with Crippen molar-refractivity contribution >= 4 is 16.7 Å². The summed E-state index contributed by atoms with van der Waals surface area (Å²) in [5, 5.41) is 1.88. The van der Waals surface area contributed by atoms with Crippen molar-refractivity contribution in [1.29, 1.82) is 0 Å². The standard InChI is InChI=1S/C21H28O3/c1-4-5-6-7-8-11-16(2)24-21(22)20-18-13-10-9-12-17(18)14-15-19(20)23-3/h9-10,12-16H,4-8,11H2,1-3H3. The molecule has 0 N–H and O–H groups in total. The zero-order valence-corrected chi connectivity index (χ0v) is 15.0. The molecule has 0 heterocycles. The summed E-state index contributed by atoms with van der Waals surface area (Å²) < 4.78 is 11.1. The first-order valence-corrected chi connectivity index (χ1v) is 8.94. The summed E-state index contributed by atoms with van der Waals surface area (Å²) in [6.07, 6.45) is 6.90. The topological polar surface area (TPSA) is 35.5 Å². The fourth-order valence-electron chi connectivity index (χ4n) is 2.97. The van der Waals surface area contributed by atoms with Crippen LogP contribution in [0.1, 0.15) is 62.7 Å². The third-order valence-corrected chi connectivity index (χ3v) is 4.34. The molecule has 0 spiro atoms. The summed E-state index contributed by atoms with van der Waals surface area (Å²) in [4.78, 5) is 12.7. The van der Waals surface area contributed by atoms with Crippen LogP contribution in [0.4, 0.5) is 0 Å². The maximum absolute atomic E-state index is 12.7. The van der Waals surface area contributed by atoms with Gasteiger partial charge in [-0.05, 0) is 36.6 Å². The Bertz CT molecular complexity index is 663. The zero-order valence-electron chi connectivity index (χ0n) is 15.0. The first kappa shape index (κ1) is 18.3. The van der Waals surface area contributed by atoms with Crippen LogP contribution in [0.25, 0.3) is 10.8 Å². The van der Waals surface area contributed by atoms with E-state index in [2.05, 4.69) is 6.92 Å². The lowest BCUT2D eigenvalue weighted by atomic mass is 10.0. The molecule has 1 atom stereocenters. The normalized spacial score (nSPS) is 12.1. The molecule has 3 heteroatoms. The SMILES string of the molecule is CCCCCCCC(C)OC(=O)c1c(OC)ccc2ccccc12. The van der Waals surface area contributed by atoms with E-state index in [4.69, 9.17) is 9.47 Å². The lowest BCUT2D eigenvalue weighted by Gasteiger charge is -2.16. The average molecular weight is 328 g/mol. The van der Waals surface area contributed by atoms with Gasteiger partial charge in [0.2, 0.25) is 0 Å². The van der Waals surface area contributed by atoms with Gasteiger partial charge in [0.1, 0.15) is 11.3 Å². The van der Waals surface area contributed by atoms with Crippen molar-refractivity contribution in [2.45, 2.75) is 58.5 Å². The predicted octanol–water partition coefficient (Wildman–Crippen LogP) is 5.75. The highest BCUT2D eigenvalue weighted by Gasteiger charge is 2.19. The molecule has 24 heavy (non-hydrogen) atoms. The summed E-state index contributed by atoms with van der Waals surface area (Å²) in [5.74, 6) is 0.263. The van der Waals surface area contributed by atoms with Gasteiger partial charge in [-0.1, -0.05) is 62.9 Å². The van der Waals surface area contributed by atoms with Gasteiger partial charge in [0.15, 0.2) is 0 Å². The number of fused-ring (bicyclic) bond motifs is 1. The second-order valence-corrected chi connectivity index (χ2v) is 6.28. The number of carbonyl (C=O) groups excluding carboxylic acids is 1. The van der Waals surface area contributed by atoms with Gasteiger partial charge in [0.25, 0.3) is 0 Å². The Morgan fingerprint density at radius 2 is 1.79 bits per heavy atom. The number of esters is 1. The highest BCUT2D eigenvalue weighted by Crippen LogP contribution is 2.29. The van der Waals surface area contributed by atoms with Crippen LogP contribution in [0.2, 0.25) is 0 Å². The van der Waals surface area contributed by atoms with Gasteiger partial charge in [-0.25, -0.2) is 4.79 Å². The third kappa shape index (κ3) is 4.73. The molecule has 0 bridgehead atoms. The van der Waals surface area contributed by atoms with Crippen LogP contribution in [-0.4, -0.2) is 19.2 Å². The number of unbranched alkanes of at least 4 members (excludes halogenated alkanes) is 4. The van der Waals surface area contributed by atoms with E-state index in [1.54, 1.807) is 7.11 Å². The minimum Gasteiger partial charge on any atom is -0.496 e. The number of methoxy groups -OCH3 is 1. The van der Waals surface area contributed by atoms with E-state index in [0.29, 0.717) is 11.3 Å². The Labute approximate surface area is 145 Å². The molecule has 0 saturated heterocycles. The van der Waals surface area contributed by atoms with E-state index in [9.17, 15) is 4.79 Å². The van der Waals surface area contributed by atoms with E-state index < -0.39 is 0 Å². The lowest BCUT2D eigenvalue weighted by Crippen LogP contribution is -2.16. The van der Waals surface area contributed by atoms with E-state index >= 15 is 0 Å². The van der Waals surface area contributed by atoms with Crippen LogP contribution in [0.5, 0.6) is 5.75 Å². The minimum atomic E-state index is -0.301. The van der Waals surface area contributed by atoms with Crippen molar-refractivity contribution in [3.8, 4) is 5.75 Å². The second-order valence-electron chi connectivity index (χ2n) is 6.28. The van der Waals surface area contributed by atoms with E-state index in [1.165, 1.54) is 25.7 Å². The molecular weight excluding hydrogens is 300 g/mol. The maximum Gasteiger partial charge on any atom is 0.342 e. The van der Waals surface area contributed by atoms with Gasteiger partial charge >= 0.3 is 5.97 Å². The highest BCUT2D eigenvalue weighted by molar-refractivity contribution is 6.07. The summed E-state index contributed by atoms with van der Waals surface area (Å²) in [6, 6.07) is 11.6. The minimum absolute atomic E-state index is 0.0807. The molecule has 130 valence electrons. The van der Waals surface area contributed by atoms with Crippen LogP contribution < -0.4 is 4.74 Å². The van der Waals surface area contributed by atoms with Gasteiger partial charge in [-0.15, -0.1) is 0 Å². The molecule has 0 aliphatic heterocycles. The molecule has 1 unspecified atom stereocenters. The molecule has 3 nitrogen and oxygen atoms in total. The van der Waals surface area contributed by atoms with Gasteiger partial charge < -0.3 is 9.47 Å². The number of hydrogen-bond donors (Lipinski definition) is 0. The maximum atomic E-state index is 12.7. The van der Waals surface area contributed by atoms with Gasteiger partial charge in [0, 0.05) is 0 Å². The predicted molar refractivity (Wildman–Crippen MR) is 98.8 cm³/mol. The van der Waals surface area contributed by atoms with E-state index in [-0.39, 0.29) is 12.1 Å². The molecule has 0 amide bonds. The molecule has 0 aliphatic carbocycles. The smallest absolute Gasteiger partial charge is 0.342 e. The first-order valence-electron chi connectivity index (χ1n) is 8.94. The van der Waals surface area contributed by atoms with E-state index in [1.807, 2.05) is 43.3 Å². The first-order chi connectivity index (χ1) is 11.7. The van der Waals surface area contributed by atoms with E-state index in [0.717, 1.165) is 23.6 Å². The van der Waals surface area contributed by atoms with Crippen LogP contribution in [0, 0.1) is 0 Å². The number of rotatable bonds is 9. The van der Waals surface area contributed by atoms with Gasteiger partial charge in [-0.3, -0.25) is 0 Å². The Morgan fingerprint density at radius 1 is 1.04 bits per heavy atom. The Kier molecular flexibility index (Phi) is 7.10. The zero-order chi connectivity index (χ0) is 17.4. The van der Waals surface area contributed by atoms with Crippen molar-refractivity contribution in [3.63, 3.8) is 0 Å². The fourth-order valence-corrected chi connectivity index (χ4v) is 2.97. The fraction of sp³-hybridized carbons (Fsp3) is 0.476. The number of ether oxygens (including phenoxy) is 2. The van der Waals surface area contributed by atoms with Crippen LogP contribution in [-0.2, 0) is 4.74 Å². The van der Waals surface area contributed by atoms with Crippen molar-refractivity contribution in [2.75, 3.05) is 7.11 Å². The largest absolute Gasteiger partial charge is 0.496 e.